The lowest BCUT2D eigenvalue weighted by atomic mass is 9.48. The monoisotopic (exact) mass is 197 g/mol. The molecule has 2 heteroatoms. The summed E-state index contributed by atoms with van der Waals surface area (Å²) in [5.41, 5.74) is 1.03. The van der Waals surface area contributed by atoms with Gasteiger partial charge in [0, 0.05) is 12.0 Å². The van der Waals surface area contributed by atoms with Crippen LogP contribution < -0.4 is 5.32 Å². The van der Waals surface area contributed by atoms with Gasteiger partial charge in [-0.15, -0.1) is 0 Å². The van der Waals surface area contributed by atoms with Crippen LogP contribution in [0.25, 0.3) is 0 Å². The van der Waals surface area contributed by atoms with Crippen molar-refractivity contribution in [2.24, 2.45) is 16.7 Å². The highest BCUT2D eigenvalue weighted by Crippen LogP contribution is 2.60. The maximum atomic E-state index is 5.50. The van der Waals surface area contributed by atoms with Crippen LogP contribution in [0.3, 0.4) is 0 Å². The number of rotatable bonds is 4. The normalized spacial score (nSPS) is 28.3. The van der Waals surface area contributed by atoms with E-state index < -0.39 is 0 Å². The summed E-state index contributed by atoms with van der Waals surface area (Å²) >= 11 is 0. The van der Waals surface area contributed by atoms with Crippen LogP contribution in [-0.2, 0) is 4.74 Å². The minimum atomic E-state index is 0.480. The summed E-state index contributed by atoms with van der Waals surface area (Å²) in [5, 5.41) is 3.38. The van der Waals surface area contributed by atoms with Crippen LogP contribution in [0.15, 0.2) is 0 Å². The maximum absolute atomic E-state index is 5.50. The Labute approximate surface area is 87.4 Å². The molecule has 0 spiro atoms. The molecule has 2 fully saturated rings. The molecule has 82 valence electrons. The van der Waals surface area contributed by atoms with Gasteiger partial charge in [-0.25, -0.2) is 0 Å². The van der Waals surface area contributed by atoms with Gasteiger partial charge in [-0.05, 0) is 31.2 Å². The summed E-state index contributed by atoms with van der Waals surface area (Å²) in [5.74, 6) is 0.755. The van der Waals surface area contributed by atoms with Crippen molar-refractivity contribution in [3.05, 3.63) is 0 Å². The Morgan fingerprint density at radius 1 is 1.29 bits per heavy atom. The summed E-state index contributed by atoms with van der Waals surface area (Å²) in [6, 6.07) is 0. The molecule has 14 heavy (non-hydrogen) atoms. The average molecular weight is 197 g/mol. The number of hydrogen-bond acceptors (Lipinski definition) is 2. The summed E-state index contributed by atoms with van der Waals surface area (Å²) < 4.78 is 5.50. The van der Waals surface area contributed by atoms with Gasteiger partial charge in [0.1, 0.15) is 0 Å². The number of hydrogen-bond donors (Lipinski definition) is 1. The third-order valence-corrected chi connectivity index (χ3v) is 4.71. The molecule has 0 aromatic heterocycles. The van der Waals surface area contributed by atoms with Crippen LogP contribution in [0, 0.1) is 16.7 Å². The first-order valence-corrected chi connectivity index (χ1v) is 5.89. The lowest BCUT2D eigenvalue weighted by Gasteiger charge is -2.62. The van der Waals surface area contributed by atoms with Crippen LogP contribution in [-0.4, -0.2) is 26.8 Å². The topological polar surface area (TPSA) is 21.3 Å². The third kappa shape index (κ3) is 1.17. The minimum absolute atomic E-state index is 0.480. The quantitative estimate of drug-likeness (QED) is 0.745. The molecule has 1 saturated heterocycles. The molecule has 0 aromatic carbocycles. The van der Waals surface area contributed by atoms with E-state index in [2.05, 4.69) is 26.2 Å². The van der Waals surface area contributed by atoms with Gasteiger partial charge in [-0.1, -0.05) is 20.3 Å². The van der Waals surface area contributed by atoms with E-state index in [1.807, 2.05) is 0 Å². The molecule has 2 aliphatic rings. The predicted molar refractivity (Wildman–Crippen MR) is 58.3 cm³/mol. The molecule has 1 aliphatic carbocycles. The van der Waals surface area contributed by atoms with Crippen molar-refractivity contribution in [1.82, 2.24) is 5.32 Å². The van der Waals surface area contributed by atoms with Gasteiger partial charge in [0.25, 0.3) is 0 Å². The fourth-order valence-electron chi connectivity index (χ4n) is 3.37. The van der Waals surface area contributed by atoms with Crippen molar-refractivity contribution in [3.8, 4) is 0 Å². The zero-order valence-electron chi connectivity index (χ0n) is 9.73. The lowest BCUT2D eigenvalue weighted by Crippen LogP contribution is -2.64. The summed E-state index contributed by atoms with van der Waals surface area (Å²) in [7, 11) is 2.08. The molecule has 1 aliphatic heterocycles. The molecular formula is C12H23NO. The van der Waals surface area contributed by atoms with Crippen molar-refractivity contribution < 1.29 is 4.74 Å². The van der Waals surface area contributed by atoms with Gasteiger partial charge >= 0.3 is 0 Å². The Morgan fingerprint density at radius 2 is 1.93 bits per heavy atom. The number of ether oxygens (including phenoxy) is 1. The highest BCUT2D eigenvalue weighted by atomic mass is 16.5. The highest BCUT2D eigenvalue weighted by Gasteiger charge is 2.59. The first-order chi connectivity index (χ1) is 6.67. The molecule has 0 bridgehead atoms. The van der Waals surface area contributed by atoms with Crippen molar-refractivity contribution in [1.29, 1.82) is 0 Å². The zero-order valence-corrected chi connectivity index (χ0v) is 9.73. The van der Waals surface area contributed by atoms with E-state index in [0.29, 0.717) is 10.8 Å². The SMILES string of the molecule is CNCC1(C2(C(C)C)COC2)CCC1. The second-order valence-electron chi connectivity index (χ2n) is 5.47. The molecule has 1 N–H and O–H groups in total. The van der Waals surface area contributed by atoms with Gasteiger partial charge < -0.3 is 10.1 Å². The molecule has 0 amide bonds. The van der Waals surface area contributed by atoms with Gasteiger partial charge in [0.05, 0.1) is 13.2 Å². The first kappa shape index (κ1) is 10.4. The van der Waals surface area contributed by atoms with Crippen molar-refractivity contribution in [3.63, 3.8) is 0 Å². The Bertz CT molecular complexity index is 204. The molecule has 0 radical (unpaired) electrons. The maximum Gasteiger partial charge on any atom is 0.0553 e. The Hall–Kier alpha value is -0.0800. The van der Waals surface area contributed by atoms with E-state index in [-0.39, 0.29) is 0 Å². The van der Waals surface area contributed by atoms with Crippen LogP contribution in [0.5, 0.6) is 0 Å². The molecular weight excluding hydrogens is 174 g/mol. The van der Waals surface area contributed by atoms with Gasteiger partial charge in [-0.2, -0.15) is 0 Å². The molecule has 2 rings (SSSR count). The third-order valence-electron chi connectivity index (χ3n) is 4.71. The molecule has 0 aromatic rings. The van der Waals surface area contributed by atoms with E-state index in [4.69, 9.17) is 4.74 Å². The smallest absolute Gasteiger partial charge is 0.0553 e. The molecule has 0 atom stereocenters. The van der Waals surface area contributed by atoms with Crippen LogP contribution in [0.2, 0.25) is 0 Å². The predicted octanol–water partition coefficient (Wildman–Crippen LogP) is 2.05. The molecule has 0 unspecified atom stereocenters. The van der Waals surface area contributed by atoms with Crippen LogP contribution in [0.1, 0.15) is 33.1 Å². The summed E-state index contributed by atoms with van der Waals surface area (Å²) in [4.78, 5) is 0. The summed E-state index contributed by atoms with van der Waals surface area (Å²) in [6.45, 7) is 7.88. The molecule has 1 heterocycles. The van der Waals surface area contributed by atoms with Crippen LogP contribution in [0.4, 0.5) is 0 Å². The second kappa shape index (κ2) is 3.49. The average Bonchev–Trinajstić information content (AvgIpc) is 1.96. The van der Waals surface area contributed by atoms with E-state index >= 15 is 0 Å². The molecule has 1 saturated carbocycles. The van der Waals surface area contributed by atoms with E-state index in [0.717, 1.165) is 19.1 Å². The van der Waals surface area contributed by atoms with Crippen molar-refractivity contribution >= 4 is 0 Å². The van der Waals surface area contributed by atoms with E-state index in [9.17, 15) is 0 Å². The standard InChI is InChI=1S/C12H23NO/c1-10(2)12(8-14-9-12)11(7-13-3)5-4-6-11/h10,13H,4-9H2,1-3H3. The van der Waals surface area contributed by atoms with E-state index in [1.54, 1.807) is 0 Å². The van der Waals surface area contributed by atoms with Gasteiger partial charge in [0.2, 0.25) is 0 Å². The number of nitrogens with one attached hydrogen (secondary N) is 1. The minimum Gasteiger partial charge on any atom is -0.380 e. The largest absolute Gasteiger partial charge is 0.380 e. The fourth-order valence-corrected chi connectivity index (χ4v) is 3.37. The van der Waals surface area contributed by atoms with E-state index in [1.165, 1.54) is 25.8 Å². The Morgan fingerprint density at radius 3 is 2.14 bits per heavy atom. The van der Waals surface area contributed by atoms with Crippen molar-refractivity contribution in [2.45, 2.75) is 33.1 Å². The highest BCUT2D eigenvalue weighted by molar-refractivity contribution is 5.08. The van der Waals surface area contributed by atoms with Crippen LogP contribution >= 0.6 is 0 Å². The summed E-state index contributed by atoms with van der Waals surface area (Å²) in [6.07, 6.45) is 4.21. The molecule has 2 nitrogen and oxygen atoms in total. The first-order valence-electron chi connectivity index (χ1n) is 5.89. The second-order valence-corrected chi connectivity index (χ2v) is 5.47. The van der Waals surface area contributed by atoms with Crippen molar-refractivity contribution in [2.75, 3.05) is 26.8 Å². The Balaban J connectivity index is 2.16. The van der Waals surface area contributed by atoms with Gasteiger partial charge in [-0.3, -0.25) is 0 Å². The van der Waals surface area contributed by atoms with Gasteiger partial charge in [0.15, 0.2) is 0 Å². The lowest BCUT2D eigenvalue weighted by molar-refractivity contribution is -0.232. The Kier molecular flexibility index (Phi) is 2.61. The zero-order chi connectivity index (χ0) is 10.2. The fraction of sp³-hybridized carbons (Fsp3) is 1.00.